The summed E-state index contributed by atoms with van der Waals surface area (Å²) in [6.07, 6.45) is 1.74. The predicted molar refractivity (Wildman–Crippen MR) is 216 cm³/mol. The lowest BCUT2D eigenvalue weighted by Crippen LogP contribution is -2.59. The van der Waals surface area contributed by atoms with Crippen LogP contribution < -0.4 is 15.6 Å². The molecule has 12 heteroatoms. The van der Waals surface area contributed by atoms with Gasteiger partial charge < -0.3 is 40.2 Å². The lowest BCUT2D eigenvalue weighted by molar-refractivity contribution is -0.000814. The molecule has 0 unspecified atom stereocenters. The number of hydrogen-bond acceptors (Lipinski definition) is 8. The number of H-pyrrole nitrogens is 1. The van der Waals surface area contributed by atoms with Gasteiger partial charge in [0.25, 0.3) is 5.91 Å². The zero-order chi connectivity index (χ0) is 39.5. The molecular formula is C45H49N5O7. The number of fused-ring (bicyclic) bond motifs is 4. The minimum Gasteiger partial charge on any atom is -0.506 e. The molecule has 2 bridgehead atoms. The molecule has 4 aliphatic heterocycles. The van der Waals surface area contributed by atoms with Crippen molar-refractivity contribution in [1.29, 1.82) is 0 Å². The maximum Gasteiger partial charge on any atom is 0.408 e. The van der Waals surface area contributed by atoms with Crippen molar-refractivity contribution in [2.45, 2.75) is 56.5 Å². The Morgan fingerprint density at radius 2 is 1.60 bits per heavy atom. The van der Waals surface area contributed by atoms with E-state index in [2.05, 4.69) is 15.2 Å². The van der Waals surface area contributed by atoms with Crippen LogP contribution in [0.25, 0.3) is 10.9 Å². The highest BCUT2D eigenvalue weighted by Crippen LogP contribution is 2.39. The summed E-state index contributed by atoms with van der Waals surface area (Å²) in [4.78, 5) is 46.8. The fraction of sp³-hybridized carbons (Fsp3) is 0.356. The summed E-state index contributed by atoms with van der Waals surface area (Å²) in [6, 6.07) is 30.7. The van der Waals surface area contributed by atoms with Crippen LogP contribution in [0.15, 0.2) is 108 Å². The fourth-order valence-corrected chi connectivity index (χ4v) is 8.93. The van der Waals surface area contributed by atoms with Gasteiger partial charge in [0.1, 0.15) is 18.1 Å². The summed E-state index contributed by atoms with van der Waals surface area (Å²) >= 11 is 0. The number of carbonyl (C=O) groups is 2. The van der Waals surface area contributed by atoms with Crippen molar-refractivity contribution < 1.29 is 29.6 Å². The second kappa shape index (κ2) is 16.8. The molecule has 57 heavy (non-hydrogen) atoms. The first-order valence-electron chi connectivity index (χ1n) is 19.9. The number of aliphatic hydroxyl groups excluding tert-OH is 1. The van der Waals surface area contributed by atoms with Gasteiger partial charge in [-0.15, -0.1) is 0 Å². The van der Waals surface area contributed by atoms with E-state index in [0.717, 1.165) is 62.0 Å². The van der Waals surface area contributed by atoms with Crippen LogP contribution in [0.1, 0.15) is 70.4 Å². The number of aromatic hydroxyl groups is 1. The highest BCUT2D eigenvalue weighted by molar-refractivity contribution is 5.94. The fourth-order valence-electron chi connectivity index (χ4n) is 8.93. The smallest absolute Gasteiger partial charge is 0.408 e. The summed E-state index contributed by atoms with van der Waals surface area (Å²) < 4.78 is 6.26. The zero-order valence-electron chi connectivity index (χ0n) is 31.8. The normalized spacial score (nSPS) is 20.6. The molecule has 4 aromatic carbocycles. The lowest BCUT2D eigenvalue weighted by Gasteiger charge is -2.50. The molecule has 2 amide bonds. The molecule has 5 aromatic rings. The van der Waals surface area contributed by atoms with E-state index in [1.165, 1.54) is 12.1 Å². The number of nitrogens with zero attached hydrogens (tertiary/aromatic N) is 3. The number of amides is 2. The molecule has 0 radical (unpaired) electrons. The summed E-state index contributed by atoms with van der Waals surface area (Å²) in [5, 5.41) is 35.8. The minimum atomic E-state index is -0.915. The second-order valence-corrected chi connectivity index (χ2v) is 15.5. The van der Waals surface area contributed by atoms with E-state index in [-0.39, 0.29) is 35.9 Å². The van der Waals surface area contributed by atoms with E-state index in [4.69, 9.17) is 4.74 Å². The van der Waals surface area contributed by atoms with E-state index in [1.807, 2.05) is 83.8 Å². The van der Waals surface area contributed by atoms with Crippen LogP contribution >= 0.6 is 0 Å². The first kappa shape index (κ1) is 38.2. The number of aromatic nitrogens is 1. The van der Waals surface area contributed by atoms with Gasteiger partial charge in [-0.05, 0) is 103 Å². The standard InChI is InChI=1S/C45H49N5O7/c51-39-15-13-36(37-14-16-41(53)47-42(37)39)40(52)26-46-34-19-23-49(24-20-34)44(54)32-11-9-29(10-12-32)28-57-35-8-4-7-33(25-35)43(31-5-2-1-3-6-31)50(45(55)56)38-27-48-21-17-30(38)18-22-48/h1-16,25,30,34,38,40,43,46,51-52H,17-24,26-28H2,(H,47,53)(H,55,56)/t38-,40-,43-/m0/s1. The number of ether oxygens (including phenoxy) is 1. The van der Waals surface area contributed by atoms with Crippen molar-refractivity contribution in [3.63, 3.8) is 0 Å². The highest BCUT2D eigenvalue weighted by atomic mass is 16.5. The number of nitrogens with one attached hydrogen (secondary N) is 2. The Labute approximate surface area is 331 Å². The Bertz CT molecular complexity index is 2250. The number of carboxylic acid groups (broad SMARTS) is 1. The summed E-state index contributed by atoms with van der Waals surface area (Å²) in [5.74, 6) is 0.907. The third-order valence-electron chi connectivity index (χ3n) is 12.0. The number of aliphatic hydroxyl groups is 1. The molecule has 296 valence electrons. The molecule has 0 aliphatic carbocycles. The number of phenolic OH excluding ortho intramolecular Hbond substituents is 1. The highest BCUT2D eigenvalue weighted by Gasteiger charge is 2.43. The SMILES string of the molecule is O=C(c1ccc(COc2cccc([C@H](c3ccccc3)N(C(=O)O)[C@H]3CN4CCC3CC4)c2)cc1)N1CCC(NC[C@H](O)c2ccc(O)c3[nH]c(=O)ccc23)CC1. The molecule has 4 aliphatic rings. The van der Waals surface area contributed by atoms with Crippen LogP contribution in [0.4, 0.5) is 4.79 Å². The number of pyridine rings is 1. The topological polar surface area (TPSA) is 159 Å². The number of aromatic amines is 1. The first-order chi connectivity index (χ1) is 27.7. The minimum absolute atomic E-state index is 0.0314. The van der Waals surface area contributed by atoms with Crippen molar-refractivity contribution >= 4 is 22.9 Å². The average Bonchev–Trinajstić information content (AvgIpc) is 3.25. The Balaban J connectivity index is 0.862. The molecule has 0 spiro atoms. The van der Waals surface area contributed by atoms with Gasteiger partial charge in [0.15, 0.2) is 0 Å². The van der Waals surface area contributed by atoms with Gasteiger partial charge >= 0.3 is 6.09 Å². The molecule has 9 rings (SSSR count). The van der Waals surface area contributed by atoms with E-state index in [9.17, 15) is 29.7 Å². The molecule has 5 N–H and O–H groups in total. The summed E-state index contributed by atoms with van der Waals surface area (Å²) in [6.45, 7) is 4.56. The maximum atomic E-state index is 13.4. The monoisotopic (exact) mass is 771 g/mol. The van der Waals surface area contributed by atoms with Gasteiger partial charge in [0.05, 0.1) is 23.7 Å². The van der Waals surface area contributed by atoms with E-state index >= 15 is 0 Å². The van der Waals surface area contributed by atoms with Crippen LogP contribution in [-0.2, 0) is 6.61 Å². The number of rotatable bonds is 12. The Morgan fingerprint density at radius 1 is 0.860 bits per heavy atom. The molecule has 1 aromatic heterocycles. The third kappa shape index (κ3) is 8.39. The molecular weight excluding hydrogens is 723 g/mol. The van der Waals surface area contributed by atoms with Gasteiger partial charge in [-0.2, -0.15) is 0 Å². The van der Waals surface area contributed by atoms with Gasteiger partial charge in [-0.25, -0.2) is 4.79 Å². The van der Waals surface area contributed by atoms with Crippen LogP contribution in [-0.4, -0.2) is 98.4 Å². The first-order valence-corrected chi connectivity index (χ1v) is 19.9. The molecule has 5 heterocycles. The van der Waals surface area contributed by atoms with Gasteiger partial charge in [0, 0.05) is 49.2 Å². The number of likely N-dealkylation sites (tertiary alicyclic amines) is 1. The summed E-state index contributed by atoms with van der Waals surface area (Å²) in [7, 11) is 0. The Morgan fingerprint density at radius 3 is 2.30 bits per heavy atom. The van der Waals surface area contributed by atoms with Crippen LogP contribution in [0.2, 0.25) is 0 Å². The molecule has 12 nitrogen and oxygen atoms in total. The van der Waals surface area contributed by atoms with Gasteiger partial charge in [-0.1, -0.05) is 60.7 Å². The zero-order valence-corrected chi connectivity index (χ0v) is 31.8. The Kier molecular flexibility index (Phi) is 11.3. The second-order valence-electron chi connectivity index (χ2n) is 15.5. The van der Waals surface area contributed by atoms with Crippen LogP contribution in [0.3, 0.4) is 0 Å². The number of carbonyl (C=O) groups excluding carboxylic acids is 1. The average molecular weight is 772 g/mol. The van der Waals surface area contributed by atoms with E-state index in [1.54, 1.807) is 17.0 Å². The maximum absolute atomic E-state index is 13.4. The van der Waals surface area contributed by atoms with Crippen molar-refractivity contribution in [3.8, 4) is 11.5 Å². The van der Waals surface area contributed by atoms with E-state index in [0.29, 0.717) is 53.3 Å². The summed E-state index contributed by atoms with van der Waals surface area (Å²) in [5.41, 5.74) is 3.88. The molecule has 0 saturated carbocycles. The van der Waals surface area contributed by atoms with Crippen LogP contribution in [0.5, 0.6) is 11.5 Å². The Hall–Kier alpha value is -5.69. The quantitative estimate of drug-likeness (QED) is 0.104. The van der Waals surface area contributed by atoms with Crippen molar-refractivity contribution in [2.24, 2.45) is 5.92 Å². The van der Waals surface area contributed by atoms with Crippen molar-refractivity contribution in [1.82, 2.24) is 25.0 Å². The lowest BCUT2D eigenvalue weighted by atomic mass is 9.81. The van der Waals surface area contributed by atoms with E-state index < -0.39 is 18.2 Å². The molecule has 4 saturated heterocycles. The number of hydrogen-bond donors (Lipinski definition) is 5. The van der Waals surface area contributed by atoms with Crippen molar-refractivity contribution in [3.05, 3.63) is 141 Å². The predicted octanol–water partition coefficient (Wildman–Crippen LogP) is 5.90. The van der Waals surface area contributed by atoms with Gasteiger partial charge in [0.2, 0.25) is 5.56 Å². The number of piperidine rings is 4. The number of phenols is 1. The largest absolute Gasteiger partial charge is 0.506 e. The third-order valence-corrected chi connectivity index (χ3v) is 12.0. The molecule has 3 atom stereocenters. The van der Waals surface area contributed by atoms with Crippen LogP contribution in [0, 0.1) is 5.92 Å². The number of benzene rings is 4. The molecule has 4 fully saturated rings. The van der Waals surface area contributed by atoms with Gasteiger partial charge in [-0.3, -0.25) is 14.5 Å². The van der Waals surface area contributed by atoms with Crippen molar-refractivity contribution in [2.75, 3.05) is 39.3 Å².